The van der Waals surface area contributed by atoms with Crippen LogP contribution in [0.3, 0.4) is 0 Å². The molecule has 0 aliphatic carbocycles. The summed E-state index contributed by atoms with van der Waals surface area (Å²) in [6, 6.07) is 10.6. The zero-order valence-electron chi connectivity index (χ0n) is 10.5. The van der Waals surface area contributed by atoms with Gasteiger partial charge in [-0.2, -0.15) is 0 Å². The van der Waals surface area contributed by atoms with Gasteiger partial charge in [-0.1, -0.05) is 82.8 Å². The predicted molar refractivity (Wildman–Crippen MR) is 90.9 cm³/mol. The van der Waals surface area contributed by atoms with E-state index in [9.17, 15) is 0 Å². The minimum absolute atomic E-state index is 1.02. The van der Waals surface area contributed by atoms with Crippen molar-refractivity contribution in [2.24, 2.45) is 0 Å². The lowest BCUT2D eigenvalue weighted by atomic mass is 10.2. The monoisotopic (exact) mass is 294 g/mol. The third-order valence-electron chi connectivity index (χ3n) is 2.10. The molecule has 0 unspecified atom stereocenters. The fourth-order valence-corrected chi connectivity index (χ4v) is 4.92. The van der Waals surface area contributed by atoms with E-state index in [1.807, 2.05) is 44.4 Å². The van der Waals surface area contributed by atoms with Gasteiger partial charge in [-0.15, -0.1) is 0 Å². The van der Waals surface area contributed by atoms with E-state index in [4.69, 9.17) is 0 Å². The fourth-order valence-electron chi connectivity index (χ4n) is 1.31. The van der Waals surface area contributed by atoms with Crippen LogP contribution in [0.15, 0.2) is 66.8 Å². The van der Waals surface area contributed by atoms with E-state index in [0.717, 1.165) is 11.5 Å². The highest BCUT2D eigenvalue weighted by atomic mass is 33.5. The molecule has 0 radical (unpaired) electrons. The van der Waals surface area contributed by atoms with Crippen molar-refractivity contribution in [3.63, 3.8) is 0 Å². The summed E-state index contributed by atoms with van der Waals surface area (Å²) in [5.74, 6) is 2.07. The molecule has 0 saturated carbocycles. The molecule has 0 fully saturated rings. The summed E-state index contributed by atoms with van der Waals surface area (Å²) in [5, 5.41) is 0. The molecule has 0 bridgehead atoms. The third-order valence-corrected chi connectivity index (χ3v) is 6.21. The van der Waals surface area contributed by atoms with E-state index >= 15 is 0 Å². The van der Waals surface area contributed by atoms with E-state index in [0.29, 0.717) is 0 Å². The Labute approximate surface area is 122 Å². The van der Waals surface area contributed by atoms with E-state index in [1.165, 1.54) is 11.1 Å². The molecule has 1 aromatic rings. The molecule has 18 heavy (non-hydrogen) atoms. The van der Waals surface area contributed by atoms with Crippen LogP contribution in [-0.4, -0.2) is 5.75 Å². The largest absolute Gasteiger partial charge is 0.0991 e. The highest BCUT2D eigenvalue weighted by Crippen LogP contribution is 2.37. The molecule has 0 aliphatic heterocycles. The summed E-state index contributed by atoms with van der Waals surface area (Å²) in [6.07, 6.45) is 8.11. The van der Waals surface area contributed by atoms with Crippen LogP contribution in [0.2, 0.25) is 0 Å². The molecule has 1 aromatic carbocycles. The zero-order chi connectivity index (χ0) is 13.1. The van der Waals surface area contributed by atoms with Crippen molar-refractivity contribution in [3.8, 4) is 0 Å². The van der Waals surface area contributed by atoms with Crippen LogP contribution >= 0.6 is 31.4 Å². The molecule has 0 amide bonds. The Morgan fingerprint density at radius 3 is 2.67 bits per heavy atom. The van der Waals surface area contributed by atoms with Crippen LogP contribution in [0.1, 0.15) is 12.5 Å². The third kappa shape index (κ3) is 7.04. The topological polar surface area (TPSA) is 0 Å². The number of rotatable bonds is 8. The van der Waals surface area contributed by atoms with Gasteiger partial charge < -0.3 is 0 Å². The first kappa shape index (κ1) is 15.5. The van der Waals surface area contributed by atoms with E-state index in [1.54, 1.807) is 0 Å². The Morgan fingerprint density at radius 2 is 2.00 bits per heavy atom. The van der Waals surface area contributed by atoms with Gasteiger partial charge in [-0.25, -0.2) is 0 Å². The summed E-state index contributed by atoms with van der Waals surface area (Å²) in [6.45, 7) is 5.78. The number of hydrogen-bond acceptors (Lipinski definition) is 3. The first-order chi connectivity index (χ1) is 8.86. The van der Waals surface area contributed by atoms with Gasteiger partial charge >= 0.3 is 0 Å². The normalized spacial score (nSPS) is 11.9. The van der Waals surface area contributed by atoms with Crippen molar-refractivity contribution in [1.29, 1.82) is 0 Å². The Hall–Kier alpha value is -0.510. The molecule has 0 heterocycles. The smallest absolute Gasteiger partial charge is 0.0296 e. The van der Waals surface area contributed by atoms with Gasteiger partial charge in [0.05, 0.1) is 0 Å². The van der Waals surface area contributed by atoms with Crippen molar-refractivity contribution in [2.75, 3.05) is 5.75 Å². The second-order valence-corrected chi connectivity index (χ2v) is 7.79. The molecule has 0 saturated heterocycles. The highest BCUT2D eigenvalue weighted by Gasteiger charge is 1.96. The maximum atomic E-state index is 3.74. The van der Waals surface area contributed by atoms with Gasteiger partial charge in [0.2, 0.25) is 0 Å². The van der Waals surface area contributed by atoms with Crippen LogP contribution in [0.25, 0.3) is 0 Å². The van der Waals surface area contributed by atoms with Crippen LogP contribution in [0, 0.1) is 0 Å². The van der Waals surface area contributed by atoms with Crippen LogP contribution < -0.4 is 0 Å². The van der Waals surface area contributed by atoms with Gasteiger partial charge in [0.25, 0.3) is 0 Å². The lowest BCUT2D eigenvalue weighted by Gasteiger charge is -2.02. The Balaban J connectivity index is 2.18. The SMILES string of the molecule is C=C/C=C(\C=C/C)CSSSCc1ccccc1. The molecule has 3 heteroatoms. The summed E-state index contributed by atoms with van der Waals surface area (Å²) >= 11 is 0. The second kappa shape index (κ2) is 10.4. The highest BCUT2D eigenvalue weighted by molar-refractivity contribution is 9.09. The molecule has 96 valence electrons. The molecule has 0 spiro atoms. The molecular weight excluding hydrogens is 276 g/mol. The lowest BCUT2D eigenvalue weighted by Crippen LogP contribution is -1.80. The Bertz CT molecular complexity index is 393. The minimum atomic E-state index is 1.02. The van der Waals surface area contributed by atoms with Crippen molar-refractivity contribution in [3.05, 3.63) is 72.4 Å². The Kier molecular flexibility index (Phi) is 9.00. The summed E-state index contributed by atoms with van der Waals surface area (Å²) in [4.78, 5) is 0. The molecule has 0 nitrogen and oxygen atoms in total. The minimum Gasteiger partial charge on any atom is -0.0991 e. The Morgan fingerprint density at radius 1 is 1.22 bits per heavy atom. The predicted octanol–water partition coefficient (Wildman–Crippen LogP) is 5.90. The zero-order valence-corrected chi connectivity index (χ0v) is 13.0. The molecule has 0 atom stereocenters. The van der Waals surface area contributed by atoms with Crippen LogP contribution in [0.5, 0.6) is 0 Å². The van der Waals surface area contributed by atoms with Crippen LogP contribution in [0.4, 0.5) is 0 Å². The average Bonchev–Trinajstić information content (AvgIpc) is 2.40. The van der Waals surface area contributed by atoms with E-state index in [2.05, 4.69) is 55.1 Å². The second-order valence-electron chi connectivity index (χ2n) is 3.56. The van der Waals surface area contributed by atoms with Crippen LogP contribution in [-0.2, 0) is 5.75 Å². The summed E-state index contributed by atoms with van der Waals surface area (Å²) in [7, 11) is 5.61. The fraction of sp³-hybridized carbons (Fsp3) is 0.200. The van der Waals surface area contributed by atoms with Crippen molar-refractivity contribution < 1.29 is 0 Å². The number of allylic oxidation sites excluding steroid dienone is 4. The average molecular weight is 295 g/mol. The van der Waals surface area contributed by atoms with Gasteiger partial charge in [-0.3, -0.25) is 0 Å². The summed E-state index contributed by atoms with van der Waals surface area (Å²) in [5.41, 5.74) is 2.69. The van der Waals surface area contributed by atoms with Crippen molar-refractivity contribution in [2.45, 2.75) is 12.7 Å². The summed E-state index contributed by atoms with van der Waals surface area (Å²) < 4.78 is 0. The van der Waals surface area contributed by atoms with Gasteiger partial charge in [-0.05, 0) is 27.9 Å². The van der Waals surface area contributed by atoms with Crippen molar-refractivity contribution in [1.82, 2.24) is 0 Å². The lowest BCUT2D eigenvalue weighted by molar-refractivity contribution is 1.43. The first-order valence-corrected chi connectivity index (χ1v) is 9.58. The van der Waals surface area contributed by atoms with E-state index in [-0.39, 0.29) is 0 Å². The van der Waals surface area contributed by atoms with Gasteiger partial charge in [0.15, 0.2) is 0 Å². The van der Waals surface area contributed by atoms with Crippen molar-refractivity contribution >= 4 is 31.4 Å². The molecule has 0 aliphatic rings. The maximum Gasteiger partial charge on any atom is 0.0296 e. The molecule has 0 N–H and O–H groups in total. The molecule has 1 rings (SSSR count). The quantitative estimate of drug-likeness (QED) is 0.332. The van der Waals surface area contributed by atoms with Gasteiger partial charge in [0, 0.05) is 11.5 Å². The molecular formula is C15H18S3. The van der Waals surface area contributed by atoms with Gasteiger partial charge in [0.1, 0.15) is 0 Å². The first-order valence-electron chi connectivity index (χ1n) is 5.76. The molecule has 0 aromatic heterocycles. The van der Waals surface area contributed by atoms with E-state index < -0.39 is 0 Å². The number of benzene rings is 1. The standard InChI is InChI=1S/C15H18S3/c1-3-8-14(9-4-2)12-16-18-17-13-15-10-6-5-7-11-15/h3-11H,1,12-13H2,2H3/b9-4-,14-8+. The maximum absolute atomic E-state index is 3.74. The number of hydrogen-bond donors (Lipinski definition) is 0.